The smallest absolute Gasteiger partial charge is 0.428 e. The standard InChI is InChI=1S/C76H74O7Si8/c1-9-63-86(67-43-23-13-24-44-67,68-45-25-14-26-46-68)77-84(5,6)79-90(75-59-39-21-40-60-75,81-88(65-11-3,71-51-31-17-32-52-71)72-53-33-18-34-54-72)83-91(76-61-41-22-42-62-76,82-89(66-12-4,73-55-35-19-36-56-73)74-57-37-20-38-58-74)80-85(7,8)78-87(64-10-2,69-47-27-15-28-48-69)70-49-29-16-30-50-70/h1-4,13-62H,63-66H2,5-8H3. The molecule has 0 spiro atoms. The molecule has 0 aliphatic carbocycles. The van der Waals surface area contributed by atoms with Crippen LogP contribution in [0, 0.1) is 49.4 Å². The van der Waals surface area contributed by atoms with Crippen LogP contribution in [0.2, 0.25) is 50.4 Å². The highest BCUT2D eigenvalue weighted by Gasteiger charge is 2.67. The van der Waals surface area contributed by atoms with Gasteiger partial charge >= 0.3 is 34.7 Å². The molecule has 0 radical (unpaired) electrons. The third kappa shape index (κ3) is 14.5. The van der Waals surface area contributed by atoms with E-state index in [2.05, 4.69) is 147 Å². The summed E-state index contributed by atoms with van der Waals surface area (Å²) in [6, 6.07) is 103. The van der Waals surface area contributed by atoms with Crippen molar-refractivity contribution in [3.8, 4) is 49.4 Å². The van der Waals surface area contributed by atoms with Crippen molar-refractivity contribution < 1.29 is 28.8 Å². The largest absolute Gasteiger partial charge is 0.511 e. The highest BCUT2D eigenvalue weighted by Crippen LogP contribution is 2.36. The van der Waals surface area contributed by atoms with Crippen LogP contribution in [0.15, 0.2) is 303 Å². The number of hydrogen-bond donors (Lipinski definition) is 0. The summed E-state index contributed by atoms with van der Waals surface area (Å²) in [6.07, 6.45) is 26.7. The van der Waals surface area contributed by atoms with Crippen LogP contribution in [0.3, 0.4) is 0 Å². The fourth-order valence-electron chi connectivity index (χ4n) is 12.3. The summed E-state index contributed by atoms with van der Waals surface area (Å²) < 4.78 is 59.7. The average molecular weight is 1320 g/mol. The second kappa shape index (κ2) is 29.5. The van der Waals surface area contributed by atoms with E-state index in [1.54, 1.807) is 0 Å². The molecule has 0 saturated carbocycles. The van der Waals surface area contributed by atoms with E-state index in [4.69, 9.17) is 54.5 Å². The lowest BCUT2D eigenvalue weighted by atomic mass is 10.4. The maximum Gasteiger partial charge on any atom is 0.511 e. The predicted molar refractivity (Wildman–Crippen MR) is 392 cm³/mol. The summed E-state index contributed by atoms with van der Waals surface area (Å²) in [7, 11) is -32.5. The summed E-state index contributed by atoms with van der Waals surface area (Å²) in [5, 5.41) is 8.78. The Balaban J connectivity index is 1.35. The average Bonchev–Trinajstić information content (AvgIpc) is 0.833. The molecule has 0 fully saturated rings. The summed E-state index contributed by atoms with van der Waals surface area (Å²) in [6.45, 7) is 8.29. The van der Waals surface area contributed by atoms with Crippen molar-refractivity contribution in [2.45, 2.75) is 50.4 Å². The molecule has 452 valence electrons. The molecule has 0 aromatic heterocycles. The maximum absolute atomic E-state index is 8.91. The first kappa shape index (κ1) is 65.8. The molecule has 10 aromatic rings. The van der Waals surface area contributed by atoms with E-state index >= 15 is 0 Å². The molecule has 10 aromatic carbocycles. The van der Waals surface area contributed by atoms with E-state index < -0.39 is 68.0 Å². The lowest BCUT2D eigenvalue weighted by Gasteiger charge is -2.51. The SMILES string of the molecule is C#CC[Si](O[Si](C)(C)O[Si](O[Si](O[Si](C)(C)O[Si](CC#C)(c1ccccc1)c1ccccc1)(O[Si](CC#C)(c1ccccc1)c1ccccc1)c1ccccc1)(O[Si](CC#C)(c1ccccc1)c1ccccc1)c1ccccc1)(c1ccccc1)c1ccccc1. The fraction of sp³-hybridized carbons (Fsp3) is 0.105. The third-order valence-electron chi connectivity index (χ3n) is 16.1. The quantitative estimate of drug-likeness (QED) is 0.0358. The van der Waals surface area contributed by atoms with Crippen LogP contribution in [0.25, 0.3) is 0 Å². The van der Waals surface area contributed by atoms with Crippen molar-refractivity contribution in [3.05, 3.63) is 303 Å². The minimum Gasteiger partial charge on any atom is -0.428 e. The minimum atomic E-state index is -5.01. The van der Waals surface area contributed by atoms with Crippen LogP contribution in [-0.2, 0) is 28.8 Å². The van der Waals surface area contributed by atoms with Gasteiger partial charge in [-0.2, -0.15) is 0 Å². The summed E-state index contributed by atoms with van der Waals surface area (Å²) in [5.41, 5.74) is 0. The van der Waals surface area contributed by atoms with Crippen molar-refractivity contribution in [1.29, 1.82) is 0 Å². The van der Waals surface area contributed by atoms with Crippen LogP contribution in [0.1, 0.15) is 0 Å². The lowest BCUT2D eigenvalue weighted by molar-refractivity contribution is 0.179. The molecule has 0 aliphatic rings. The zero-order valence-electron chi connectivity index (χ0n) is 51.9. The van der Waals surface area contributed by atoms with E-state index in [9.17, 15) is 0 Å². The van der Waals surface area contributed by atoms with Gasteiger partial charge in [0.05, 0.1) is 0 Å². The van der Waals surface area contributed by atoms with Gasteiger partial charge in [0.25, 0.3) is 33.3 Å². The van der Waals surface area contributed by atoms with Gasteiger partial charge in [-0.05, 0) is 67.7 Å². The van der Waals surface area contributed by atoms with Crippen LogP contribution >= 0.6 is 0 Å². The fourth-order valence-corrected chi connectivity index (χ4v) is 52.5. The van der Waals surface area contributed by atoms with Crippen LogP contribution < -0.4 is 51.9 Å². The Kier molecular flexibility index (Phi) is 21.3. The highest BCUT2D eigenvalue weighted by atomic mass is 28.6. The van der Waals surface area contributed by atoms with Gasteiger partial charge in [-0.1, -0.05) is 303 Å². The predicted octanol–water partition coefficient (Wildman–Crippen LogP) is 9.77. The number of hydrogen-bond acceptors (Lipinski definition) is 7. The van der Waals surface area contributed by atoms with E-state index in [1.807, 2.05) is 206 Å². The Morgan fingerprint density at radius 3 is 0.527 bits per heavy atom. The second-order valence-corrected chi connectivity index (χ2v) is 50.5. The Bertz CT molecular complexity index is 3680. The van der Waals surface area contributed by atoms with Gasteiger partial charge in [-0.3, -0.25) is 0 Å². The molecule has 0 N–H and O–H groups in total. The van der Waals surface area contributed by atoms with E-state index in [-0.39, 0.29) is 12.1 Å². The van der Waals surface area contributed by atoms with Gasteiger partial charge < -0.3 is 28.8 Å². The first-order chi connectivity index (χ1) is 44.2. The topological polar surface area (TPSA) is 64.6 Å². The first-order valence-electron chi connectivity index (χ1n) is 30.4. The van der Waals surface area contributed by atoms with E-state index in [1.165, 1.54) is 0 Å². The normalized spacial score (nSPS) is 13.5. The van der Waals surface area contributed by atoms with Crippen LogP contribution in [-0.4, -0.2) is 68.0 Å². The summed E-state index contributed by atoms with van der Waals surface area (Å²) in [5.74, 6) is 12.5. The van der Waals surface area contributed by atoms with Gasteiger partial charge in [0.2, 0.25) is 0 Å². The zero-order valence-corrected chi connectivity index (χ0v) is 59.9. The Morgan fingerprint density at radius 1 is 0.209 bits per heavy atom. The monoisotopic (exact) mass is 1320 g/mol. The molecule has 0 aliphatic heterocycles. The van der Waals surface area contributed by atoms with Gasteiger partial charge in [0.15, 0.2) is 0 Å². The molecular formula is C76H74O7Si8. The molecule has 0 saturated heterocycles. The second-order valence-electron chi connectivity index (χ2n) is 23.1. The molecule has 0 heterocycles. The van der Waals surface area contributed by atoms with E-state index in [0.29, 0.717) is 22.5 Å². The molecule has 0 bridgehead atoms. The molecule has 15 heteroatoms. The molecular weight excluding hydrogens is 1250 g/mol. The minimum absolute atomic E-state index is 0.172. The van der Waals surface area contributed by atoms with Gasteiger partial charge in [-0.25, -0.2) is 0 Å². The van der Waals surface area contributed by atoms with Gasteiger partial charge in [0.1, 0.15) is 0 Å². The Labute approximate surface area is 547 Å². The molecule has 91 heavy (non-hydrogen) atoms. The molecule has 7 nitrogen and oxygen atoms in total. The highest BCUT2D eigenvalue weighted by molar-refractivity contribution is 7.10. The summed E-state index contributed by atoms with van der Waals surface area (Å²) in [4.78, 5) is 0. The number of terminal acetylenes is 4. The third-order valence-corrected chi connectivity index (χ3v) is 51.0. The van der Waals surface area contributed by atoms with Crippen molar-refractivity contribution in [2.24, 2.45) is 0 Å². The molecule has 2 atom stereocenters. The molecule has 0 amide bonds. The zero-order chi connectivity index (χ0) is 63.7. The lowest BCUT2D eigenvalue weighted by Crippen LogP contribution is -2.81. The first-order valence-corrected chi connectivity index (χ1v) is 48.0. The van der Waals surface area contributed by atoms with Gasteiger partial charge in [0, 0.05) is 34.5 Å². The maximum atomic E-state index is 8.91. The van der Waals surface area contributed by atoms with Gasteiger partial charge in [-0.15, -0.1) is 49.4 Å². The number of benzene rings is 10. The van der Waals surface area contributed by atoms with Crippen molar-refractivity contribution in [1.82, 2.24) is 0 Å². The van der Waals surface area contributed by atoms with Crippen LogP contribution in [0.4, 0.5) is 0 Å². The van der Waals surface area contributed by atoms with E-state index in [0.717, 1.165) is 41.5 Å². The van der Waals surface area contributed by atoms with Crippen molar-refractivity contribution >= 4 is 120 Å². The Hall–Kier alpha value is -8.10. The van der Waals surface area contributed by atoms with Crippen molar-refractivity contribution in [2.75, 3.05) is 0 Å². The Morgan fingerprint density at radius 2 is 0.363 bits per heavy atom. The number of rotatable bonds is 28. The van der Waals surface area contributed by atoms with Crippen molar-refractivity contribution in [3.63, 3.8) is 0 Å². The molecule has 10 rings (SSSR count). The van der Waals surface area contributed by atoms with Crippen LogP contribution in [0.5, 0.6) is 0 Å². The summed E-state index contributed by atoms with van der Waals surface area (Å²) >= 11 is 0. The molecule has 2 unspecified atom stereocenters.